The van der Waals surface area contributed by atoms with Gasteiger partial charge in [0.1, 0.15) is 13.2 Å². The van der Waals surface area contributed by atoms with Crippen molar-refractivity contribution in [3.8, 4) is 0 Å². The van der Waals surface area contributed by atoms with E-state index in [0.29, 0.717) is 19.3 Å². The second-order valence-corrected chi connectivity index (χ2v) is 19.9. The number of carbonyl (C=O) groups excluding carboxylic acids is 3. The molecule has 2 atom stereocenters. The van der Waals surface area contributed by atoms with Crippen molar-refractivity contribution >= 4 is 17.9 Å². The molecule has 0 aliphatic heterocycles. The van der Waals surface area contributed by atoms with E-state index in [1.54, 1.807) is 0 Å². The summed E-state index contributed by atoms with van der Waals surface area (Å²) in [6, 6.07) is 0. The fourth-order valence-electron chi connectivity index (χ4n) is 8.49. The van der Waals surface area contributed by atoms with E-state index in [9.17, 15) is 14.4 Å². The average molecular weight is 877 g/mol. The molecular formula is C56H108O6. The van der Waals surface area contributed by atoms with Crippen molar-refractivity contribution in [2.45, 2.75) is 317 Å². The van der Waals surface area contributed by atoms with Gasteiger partial charge in [-0.15, -0.1) is 0 Å². The van der Waals surface area contributed by atoms with Gasteiger partial charge in [-0.3, -0.25) is 14.4 Å². The molecule has 0 heterocycles. The van der Waals surface area contributed by atoms with Gasteiger partial charge in [-0.05, 0) is 31.1 Å². The SMILES string of the molecule is CCCCCCCCCCCCCCCC(=O)OC[C@@H](COC(=O)CCCCCCCCCCCCC(C)C)OC(=O)CCCCCCCCCCCCCCCCC(C)CC. The molecule has 368 valence electrons. The van der Waals surface area contributed by atoms with Crippen LogP contribution in [-0.2, 0) is 28.6 Å². The molecule has 0 bridgehead atoms. The Bertz CT molecular complexity index is 949. The average Bonchev–Trinajstić information content (AvgIpc) is 3.26. The van der Waals surface area contributed by atoms with Gasteiger partial charge in [0.25, 0.3) is 0 Å². The second kappa shape index (κ2) is 48.9. The summed E-state index contributed by atoms with van der Waals surface area (Å²) in [5.74, 6) is 0.870. The van der Waals surface area contributed by atoms with Gasteiger partial charge < -0.3 is 14.2 Å². The topological polar surface area (TPSA) is 78.9 Å². The zero-order valence-electron chi connectivity index (χ0n) is 42.5. The maximum atomic E-state index is 12.8. The first-order valence-electron chi connectivity index (χ1n) is 27.8. The molecule has 62 heavy (non-hydrogen) atoms. The Kier molecular flexibility index (Phi) is 47.6. The lowest BCUT2D eigenvalue weighted by molar-refractivity contribution is -0.167. The summed E-state index contributed by atoms with van der Waals surface area (Å²) in [5, 5.41) is 0. The van der Waals surface area contributed by atoms with Crippen LogP contribution in [-0.4, -0.2) is 37.2 Å². The van der Waals surface area contributed by atoms with E-state index in [1.165, 1.54) is 199 Å². The van der Waals surface area contributed by atoms with E-state index in [1.807, 2.05) is 0 Å². The van der Waals surface area contributed by atoms with E-state index in [2.05, 4.69) is 34.6 Å². The Morgan fingerprint density at radius 2 is 0.613 bits per heavy atom. The number of carbonyl (C=O) groups is 3. The van der Waals surface area contributed by atoms with E-state index >= 15 is 0 Å². The minimum absolute atomic E-state index is 0.0631. The molecule has 0 spiro atoms. The zero-order valence-corrected chi connectivity index (χ0v) is 42.5. The molecule has 0 aliphatic rings. The molecule has 6 heteroatoms. The first kappa shape index (κ1) is 60.4. The third-order valence-corrected chi connectivity index (χ3v) is 13.1. The number of hydrogen-bond acceptors (Lipinski definition) is 6. The largest absolute Gasteiger partial charge is 0.462 e. The Morgan fingerprint density at radius 3 is 0.919 bits per heavy atom. The van der Waals surface area contributed by atoms with E-state index in [-0.39, 0.29) is 31.1 Å². The Morgan fingerprint density at radius 1 is 0.339 bits per heavy atom. The monoisotopic (exact) mass is 877 g/mol. The van der Waals surface area contributed by atoms with Crippen LogP contribution in [0, 0.1) is 11.8 Å². The van der Waals surface area contributed by atoms with Crippen LogP contribution in [0.4, 0.5) is 0 Å². The predicted octanol–water partition coefficient (Wildman–Crippen LogP) is 18.1. The number of ether oxygens (including phenoxy) is 3. The van der Waals surface area contributed by atoms with Crippen molar-refractivity contribution in [2.75, 3.05) is 13.2 Å². The highest BCUT2D eigenvalue weighted by Crippen LogP contribution is 2.18. The molecule has 0 N–H and O–H groups in total. The molecule has 0 fully saturated rings. The van der Waals surface area contributed by atoms with Crippen LogP contribution in [0.5, 0.6) is 0 Å². The molecule has 0 radical (unpaired) electrons. The fraction of sp³-hybridized carbons (Fsp3) is 0.946. The molecule has 0 aromatic heterocycles. The second-order valence-electron chi connectivity index (χ2n) is 19.9. The van der Waals surface area contributed by atoms with Gasteiger partial charge in [0.15, 0.2) is 6.10 Å². The third-order valence-electron chi connectivity index (χ3n) is 13.1. The standard InChI is InChI=1S/C56H108O6/c1-6-8-9-10-11-12-13-16-20-26-31-36-41-46-54(57)60-49-53(50-61-55(58)47-42-37-32-27-23-22-24-29-34-39-44-51(3)4)62-56(59)48-43-38-33-28-21-18-15-14-17-19-25-30-35-40-45-52(5)7-2/h51-53H,6-50H2,1-5H3/t52?,53-/m0/s1. The summed E-state index contributed by atoms with van der Waals surface area (Å²) in [6.07, 6.45) is 50.8. The summed E-state index contributed by atoms with van der Waals surface area (Å²) in [6.45, 7) is 11.4. The highest BCUT2D eigenvalue weighted by molar-refractivity contribution is 5.71. The van der Waals surface area contributed by atoms with Gasteiger partial charge in [-0.25, -0.2) is 0 Å². The predicted molar refractivity (Wildman–Crippen MR) is 266 cm³/mol. The van der Waals surface area contributed by atoms with Crippen molar-refractivity contribution in [2.24, 2.45) is 11.8 Å². The summed E-state index contributed by atoms with van der Waals surface area (Å²) in [5.41, 5.74) is 0. The van der Waals surface area contributed by atoms with Crippen LogP contribution in [0.2, 0.25) is 0 Å². The number of unbranched alkanes of at least 4 members (excludes halogenated alkanes) is 34. The van der Waals surface area contributed by atoms with Gasteiger partial charge in [-0.2, -0.15) is 0 Å². The van der Waals surface area contributed by atoms with Gasteiger partial charge in [-0.1, -0.05) is 272 Å². The van der Waals surface area contributed by atoms with Crippen molar-refractivity contribution in [1.82, 2.24) is 0 Å². The molecule has 6 nitrogen and oxygen atoms in total. The molecule has 0 saturated carbocycles. The van der Waals surface area contributed by atoms with E-state index in [0.717, 1.165) is 69.6 Å². The Balaban J connectivity index is 4.30. The Hall–Kier alpha value is -1.59. The first-order valence-corrected chi connectivity index (χ1v) is 27.8. The van der Waals surface area contributed by atoms with E-state index < -0.39 is 6.10 Å². The minimum atomic E-state index is -0.762. The lowest BCUT2D eigenvalue weighted by Crippen LogP contribution is -2.30. The van der Waals surface area contributed by atoms with E-state index in [4.69, 9.17) is 14.2 Å². The van der Waals surface area contributed by atoms with Gasteiger partial charge >= 0.3 is 17.9 Å². The van der Waals surface area contributed by atoms with Gasteiger partial charge in [0, 0.05) is 19.3 Å². The zero-order chi connectivity index (χ0) is 45.4. The molecule has 0 amide bonds. The highest BCUT2D eigenvalue weighted by atomic mass is 16.6. The smallest absolute Gasteiger partial charge is 0.306 e. The summed E-state index contributed by atoms with van der Waals surface area (Å²) < 4.78 is 16.9. The van der Waals surface area contributed by atoms with Crippen molar-refractivity contribution in [3.63, 3.8) is 0 Å². The minimum Gasteiger partial charge on any atom is -0.462 e. The lowest BCUT2D eigenvalue weighted by Gasteiger charge is -2.18. The fourth-order valence-corrected chi connectivity index (χ4v) is 8.49. The number of hydrogen-bond donors (Lipinski definition) is 0. The molecule has 0 aromatic carbocycles. The molecule has 0 aromatic rings. The van der Waals surface area contributed by atoms with Crippen LogP contribution in [0.25, 0.3) is 0 Å². The normalized spacial score (nSPS) is 12.5. The lowest BCUT2D eigenvalue weighted by atomic mass is 9.99. The summed E-state index contributed by atoms with van der Waals surface area (Å²) in [4.78, 5) is 38.0. The van der Waals surface area contributed by atoms with Crippen LogP contribution >= 0.6 is 0 Å². The first-order chi connectivity index (χ1) is 30.3. The van der Waals surface area contributed by atoms with Crippen molar-refractivity contribution in [1.29, 1.82) is 0 Å². The molecule has 0 aliphatic carbocycles. The van der Waals surface area contributed by atoms with Gasteiger partial charge in [0.2, 0.25) is 0 Å². The highest BCUT2D eigenvalue weighted by Gasteiger charge is 2.19. The maximum absolute atomic E-state index is 12.8. The number of rotatable bonds is 50. The van der Waals surface area contributed by atoms with Crippen molar-refractivity contribution < 1.29 is 28.6 Å². The molecular weight excluding hydrogens is 769 g/mol. The van der Waals surface area contributed by atoms with Crippen LogP contribution in [0.3, 0.4) is 0 Å². The van der Waals surface area contributed by atoms with Crippen LogP contribution in [0.1, 0.15) is 311 Å². The molecule has 1 unspecified atom stereocenters. The van der Waals surface area contributed by atoms with Crippen LogP contribution < -0.4 is 0 Å². The maximum Gasteiger partial charge on any atom is 0.306 e. The molecule has 0 saturated heterocycles. The number of esters is 3. The van der Waals surface area contributed by atoms with Gasteiger partial charge in [0.05, 0.1) is 0 Å². The van der Waals surface area contributed by atoms with Crippen LogP contribution in [0.15, 0.2) is 0 Å². The summed E-state index contributed by atoms with van der Waals surface area (Å²) >= 11 is 0. The Labute approximate surface area is 387 Å². The summed E-state index contributed by atoms with van der Waals surface area (Å²) in [7, 11) is 0. The molecule has 0 rings (SSSR count). The van der Waals surface area contributed by atoms with Crippen molar-refractivity contribution in [3.05, 3.63) is 0 Å². The quantitative estimate of drug-likeness (QED) is 0.0344. The third kappa shape index (κ3) is 47.9.